The van der Waals surface area contributed by atoms with Crippen molar-refractivity contribution in [3.8, 4) is 0 Å². The van der Waals surface area contributed by atoms with E-state index in [0.29, 0.717) is 25.5 Å². The van der Waals surface area contributed by atoms with Crippen LogP contribution in [0.1, 0.15) is 36.3 Å². The normalized spacial score (nSPS) is 17.5. The number of halogens is 3. The highest BCUT2D eigenvalue weighted by Crippen LogP contribution is 2.34. The molecular formula is C21H27F3N4O2. The van der Waals surface area contributed by atoms with Crippen molar-refractivity contribution in [3.63, 3.8) is 0 Å². The molecule has 1 aliphatic rings. The highest BCUT2D eigenvalue weighted by molar-refractivity contribution is 5.95. The number of nitrogens with one attached hydrogen (secondary N) is 1. The lowest BCUT2D eigenvalue weighted by Crippen LogP contribution is -2.44. The largest absolute Gasteiger partial charge is 0.444 e. The highest BCUT2D eigenvalue weighted by Gasteiger charge is 2.34. The molecule has 2 aromatic rings. The van der Waals surface area contributed by atoms with Gasteiger partial charge in [0, 0.05) is 19.6 Å². The van der Waals surface area contributed by atoms with Crippen LogP contribution in [0.3, 0.4) is 0 Å². The minimum atomic E-state index is -4.52. The lowest BCUT2D eigenvalue weighted by atomic mass is 10.1. The summed E-state index contributed by atoms with van der Waals surface area (Å²) in [5.41, 5.74) is -0.178. The molecule has 0 radical (unpaired) electrons. The van der Waals surface area contributed by atoms with Crippen molar-refractivity contribution in [2.75, 3.05) is 31.5 Å². The Morgan fingerprint density at radius 3 is 2.60 bits per heavy atom. The first kappa shape index (κ1) is 22.3. The van der Waals surface area contributed by atoms with E-state index in [9.17, 15) is 18.0 Å². The maximum atomic E-state index is 13.2. The number of carbonyl (C=O) groups is 1. The van der Waals surface area contributed by atoms with Gasteiger partial charge in [-0.15, -0.1) is 0 Å². The second-order valence-corrected chi connectivity index (χ2v) is 7.62. The number of nitrogens with zero attached hydrogens (tertiary/aromatic N) is 3. The van der Waals surface area contributed by atoms with Gasteiger partial charge in [0.2, 0.25) is 11.8 Å². The predicted octanol–water partition coefficient (Wildman–Crippen LogP) is 3.85. The van der Waals surface area contributed by atoms with Crippen LogP contribution in [0, 0.1) is 13.8 Å². The van der Waals surface area contributed by atoms with Crippen molar-refractivity contribution in [2.45, 2.75) is 46.0 Å². The molecule has 1 atom stereocenters. The highest BCUT2D eigenvalue weighted by atomic mass is 19.4. The Balaban J connectivity index is 1.59. The second kappa shape index (κ2) is 9.18. The standard InChI is InChI=1S/C21H27F3N4O2/c1-14-16(3)30-19(25-14)13-27-9-6-10-28(12-11-27)15(2)20(29)26-18-8-5-4-7-17(18)21(22,23)24/h4-5,7-8,15H,6,9-13H2,1-3H3,(H,26,29). The van der Waals surface area contributed by atoms with E-state index in [-0.39, 0.29) is 5.69 Å². The van der Waals surface area contributed by atoms with Gasteiger partial charge in [-0.3, -0.25) is 14.6 Å². The maximum Gasteiger partial charge on any atom is 0.418 e. The minimum Gasteiger partial charge on any atom is -0.444 e. The summed E-state index contributed by atoms with van der Waals surface area (Å²) in [5.74, 6) is 1.04. The Bertz CT molecular complexity index is 862. The topological polar surface area (TPSA) is 61.6 Å². The number of benzene rings is 1. The molecule has 1 aromatic heterocycles. The molecule has 1 aromatic carbocycles. The summed E-state index contributed by atoms with van der Waals surface area (Å²) in [6.45, 7) is 8.99. The van der Waals surface area contributed by atoms with Gasteiger partial charge in [-0.05, 0) is 45.9 Å². The van der Waals surface area contributed by atoms with E-state index in [1.54, 1.807) is 6.92 Å². The third-order valence-corrected chi connectivity index (χ3v) is 5.47. The number of alkyl halides is 3. The van der Waals surface area contributed by atoms with Gasteiger partial charge in [-0.1, -0.05) is 12.1 Å². The lowest BCUT2D eigenvalue weighted by molar-refractivity contribution is -0.137. The monoisotopic (exact) mass is 424 g/mol. The second-order valence-electron chi connectivity index (χ2n) is 7.62. The van der Waals surface area contributed by atoms with Crippen LogP contribution in [0.5, 0.6) is 0 Å². The van der Waals surface area contributed by atoms with Crippen molar-refractivity contribution in [3.05, 3.63) is 47.2 Å². The summed E-state index contributed by atoms with van der Waals surface area (Å²) in [7, 11) is 0. The fourth-order valence-electron chi connectivity index (χ4n) is 3.58. The van der Waals surface area contributed by atoms with Gasteiger partial charge in [0.15, 0.2) is 0 Å². The smallest absolute Gasteiger partial charge is 0.418 e. The Kier molecular flexibility index (Phi) is 6.82. The summed E-state index contributed by atoms with van der Waals surface area (Å²) in [6.07, 6.45) is -3.68. The molecule has 1 amide bonds. The molecule has 1 fully saturated rings. The van der Waals surface area contributed by atoms with Crippen molar-refractivity contribution in [1.29, 1.82) is 0 Å². The number of hydrogen-bond donors (Lipinski definition) is 1. The molecule has 0 spiro atoms. The lowest BCUT2D eigenvalue weighted by Gasteiger charge is -2.27. The first-order valence-corrected chi connectivity index (χ1v) is 10.0. The summed E-state index contributed by atoms with van der Waals surface area (Å²) >= 11 is 0. The van der Waals surface area contributed by atoms with Crippen LogP contribution >= 0.6 is 0 Å². The summed E-state index contributed by atoms with van der Waals surface area (Å²) in [5, 5.41) is 2.46. The first-order chi connectivity index (χ1) is 14.1. The molecule has 2 heterocycles. The Labute approximate surface area is 174 Å². The van der Waals surface area contributed by atoms with Gasteiger partial charge in [0.25, 0.3) is 0 Å². The SMILES string of the molecule is Cc1nc(CN2CCCN(C(C)C(=O)Nc3ccccc3C(F)(F)F)CC2)oc1C. The molecule has 1 saturated heterocycles. The molecule has 1 unspecified atom stereocenters. The average Bonchev–Trinajstić information content (AvgIpc) is 2.86. The molecule has 30 heavy (non-hydrogen) atoms. The number of para-hydroxylation sites is 1. The zero-order valence-corrected chi connectivity index (χ0v) is 17.4. The van der Waals surface area contributed by atoms with Crippen molar-refractivity contribution in [2.24, 2.45) is 0 Å². The van der Waals surface area contributed by atoms with E-state index in [2.05, 4.69) is 15.2 Å². The molecule has 3 rings (SSSR count). The molecule has 0 saturated carbocycles. The molecule has 9 heteroatoms. The molecule has 164 valence electrons. The Morgan fingerprint density at radius 1 is 1.20 bits per heavy atom. The zero-order valence-electron chi connectivity index (χ0n) is 17.4. The Hall–Kier alpha value is -2.39. The molecular weight excluding hydrogens is 397 g/mol. The number of carbonyl (C=O) groups excluding carboxylic acids is 1. The van der Waals surface area contributed by atoms with Gasteiger partial charge in [-0.25, -0.2) is 4.98 Å². The van der Waals surface area contributed by atoms with E-state index in [0.717, 1.165) is 37.0 Å². The summed E-state index contributed by atoms with van der Waals surface area (Å²) < 4.78 is 45.2. The van der Waals surface area contributed by atoms with E-state index >= 15 is 0 Å². The van der Waals surface area contributed by atoms with Crippen LogP contribution in [-0.2, 0) is 17.5 Å². The molecule has 0 bridgehead atoms. The summed E-state index contributed by atoms with van der Waals surface area (Å²) in [6, 6.07) is 4.49. The van der Waals surface area contributed by atoms with Crippen LogP contribution in [-0.4, -0.2) is 52.9 Å². The molecule has 1 aliphatic heterocycles. The first-order valence-electron chi connectivity index (χ1n) is 10.0. The third-order valence-electron chi connectivity index (χ3n) is 5.47. The fourth-order valence-corrected chi connectivity index (χ4v) is 3.58. The minimum absolute atomic E-state index is 0.215. The van der Waals surface area contributed by atoms with Gasteiger partial charge in [0.1, 0.15) is 5.76 Å². The number of rotatable bonds is 5. The number of aromatic nitrogens is 1. The maximum absolute atomic E-state index is 13.2. The molecule has 0 aliphatic carbocycles. The van der Waals surface area contributed by atoms with E-state index in [1.807, 2.05) is 18.7 Å². The van der Waals surface area contributed by atoms with Crippen LogP contribution in [0.2, 0.25) is 0 Å². The fraction of sp³-hybridized carbons (Fsp3) is 0.524. The van der Waals surface area contributed by atoms with Crippen molar-refractivity contribution < 1.29 is 22.4 Å². The summed E-state index contributed by atoms with van der Waals surface area (Å²) in [4.78, 5) is 21.3. The number of hydrogen-bond acceptors (Lipinski definition) is 5. The zero-order chi connectivity index (χ0) is 21.9. The Morgan fingerprint density at radius 2 is 1.93 bits per heavy atom. The third kappa shape index (κ3) is 5.40. The van der Waals surface area contributed by atoms with Gasteiger partial charge < -0.3 is 9.73 Å². The predicted molar refractivity (Wildman–Crippen MR) is 107 cm³/mol. The van der Waals surface area contributed by atoms with Crippen molar-refractivity contribution in [1.82, 2.24) is 14.8 Å². The van der Waals surface area contributed by atoms with E-state index in [1.165, 1.54) is 18.2 Å². The number of anilines is 1. The van der Waals surface area contributed by atoms with Crippen LogP contribution in [0.25, 0.3) is 0 Å². The van der Waals surface area contributed by atoms with E-state index in [4.69, 9.17) is 4.42 Å². The van der Waals surface area contributed by atoms with Crippen LogP contribution in [0.4, 0.5) is 18.9 Å². The van der Waals surface area contributed by atoms with Crippen LogP contribution in [0.15, 0.2) is 28.7 Å². The molecule has 1 N–H and O–H groups in total. The number of aryl methyl sites for hydroxylation is 2. The van der Waals surface area contributed by atoms with E-state index < -0.39 is 23.7 Å². The van der Waals surface area contributed by atoms with Gasteiger partial charge in [-0.2, -0.15) is 13.2 Å². The van der Waals surface area contributed by atoms with Crippen LogP contribution < -0.4 is 5.32 Å². The van der Waals surface area contributed by atoms with Crippen molar-refractivity contribution >= 4 is 11.6 Å². The quantitative estimate of drug-likeness (QED) is 0.790. The average molecular weight is 424 g/mol. The number of oxazole rings is 1. The number of amides is 1. The van der Waals surface area contributed by atoms with Gasteiger partial charge >= 0.3 is 6.18 Å². The molecule has 6 nitrogen and oxygen atoms in total. The van der Waals surface area contributed by atoms with Gasteiger partial charge in [0.05, 0.1) is 29.5 Å².